The Bertz CT molecular complexity index is 1780. The van der Waals surface area contributed by atoms with Gasteiger partial charge in [0.15, 0.2) is 17.1 Å². The number of aromatic nitrogens is 6. The number of anilines is 2. The first-order chi connectivity index (χ1) is 20.4. The van der Waals surface area contributed by atoms with Crippen molar-refractivity contribution >= 4 is 45.0 Å². The highest BCUT2D eigenvalue weighted by molar-refractivity contribution is 7.85. The number of hydrogen-bond donors (Lipinski definition) is 1. The number of carbonyl (C=O) groups excluding carboxylic acids is 1. The second-order valence-electron chi connectivity index (χ2n) is 10.4. The predicted molar refractivity (Wildman–Crippen MR) is 155 cm³/mol. The number of halogens is 1. The summed E-state index contributed by atoms with van der Waals surface area (Å²) in [6, 6.07) is 8.25. The molecule has 1 aromatic carbocycles. The van der Waals surface area contributed by atoms with Gasteiger partial charge in [-0.1, -0.05) is 0 Å². The van der Waals surface area contributed by atoms with Gasteiger partial charge in [0.2, 0.25) is 11.8 Å². The van der Waals surface area contributed by atoms with E-state index in [-0.39, 0.29) is 11.9 Å². The summed E-state index contributed by atoms with van der Waals surface area (Å²) in [7, 11) is -0.876. The van der Waals surface area contributed by atoms with Crippen LogP contribution >= 0.6 is 0 Å². The minimum Gasteiger partial charge on any atom is -0.461 e. The molecule has 0 aliphatic carbocycles. The molecule has 42 heavy (non-hydrogen) atoms. The summed E-state index contributed by atoms with van der Waals surface area (Å²) in [5.74, 6) is 1.49. The highest BCUT2D eigenvalue weighted by Crippen LogP contribution is 2.25. The number of amides is 1. The molecule has 2 aliphatic rings. The summed E-state index contributed by atoms with van der Waals surface area (Å²) >= 11 is 0. The number of carbonyl (C=O) groups is 1. The largest absolute Gasteiger partial charge is 0.461 e. The fraction of sp³-hybridized carbons (Fsp3) is 0.370. The van der Waals surface area contributed by atoms with Crippen LogP contribution in [0.4, 0.5) is 16.0 Å². The first kappa shape index (κ1) is 26.5. The number of fused-ring (bicyclic) bond motifs is 3. The smallest absolute Gasteiger partial charge is 0.254 e. The van der Waals surface area contributed by atoms with Crippen LogP contribution < -0.4 is 10.6 Å². The summed E-state index contributed by atoms with van der Waals surface area (Å²) in [5.41, 5.74) is 8.22. The second kappa shape index (κ2) is 10.8. The molecule has 0 spiro atoms. The Balaban J connectivity index is 0.985. The van der Waals surface area contributed by atoms with E-state index in [1.807, 2.05) is 9.58 Å². The summed E-state index contributed by atoms with van der Waals surface area (Å²) < 4.78 is 35.4. The number of rotatable bonds is 6. The molecule has 0 saturated carbocycles. The van der Waals surface area contributed by atoms with E-state index in [1.165, 1.54) is 10.6 Å². The summed E-state index contributed by atoms with van der Waals surface area (Å²) in [6.45, 7) is 5.02. The number of hydrogen-bond acceptors (Lipinski definition) is 10. The molecule has 0 radical (unpaired) electrons. The predicted octanol–water partition coefficient (Wildman–Crippen LogP) is 1.48. The zero-order chi connectivity index (χ0) is 28.8. The molecule has 4 aromatic heterocycles. The Kier molecular flexibility index (Phi) is 6.82. The molecule has 0 unspecified atom stereocenters. The van der Waals surface area contributed by atoms with Crippen molar-refractivity contribution in [1.29, 1.82) is 0 Å². The van der Waals surface area contributed by atoms with Crippen LogP contribution in [0, 0.1) is 5.82 Å². The molecule has 7 rings (SSSR count). The number of piperazine rings is 1. The molecular formula is C27H29FN10O3S. The van der Waals surface area contributed by atoms with Gasteiger partial charge in [-0.2, -0.15) is 14.6 Å². The van der Waals surface area contributed by atoms with Crippen LogP contribution in [0.15, 0.2) is 47.2 Å². The third-order valence-corrected chi connectivity index (χ3v) is 9.12. The molecule has 13 nitrogen and oxygen atoms in total. The first-order valence-electron chi connectivity index (χ1n) is 13.8. The van der Waals surface area contributed by atoms with Gasteiger partial charge in [-0.3, -0.25) is 13.9 Å². The Hall–Kier alpha value is -4.37. The Morgan fingerprint density at radius 1 is 1.02 bits per heavy atom. The van der Waals surface area contributed by atoms with Crippen molar-refractivity contribution in [2.24, 2.45) is 0 Å². The van der Waals surface area contributed by atoms with E-state index < -0.39 is 16.6 Å². The molecule has 2 aliphatic heterocycles. The number of nitrogens with zero attached hydrogens (tertiary/aromatic N) is 9. The van der Waals surface area contributed by atoms with Crippen molar-refractivity contribution in [3.05, 3.63) is 54.2 Å². The van der Waals surface area contributed by atoms with Gasteiger partial charge in [-0.25, -0.2) is 14.1 Å². The maximum atomic E-state index is 15.1. The highest BCUT2D eigenvalue weighted by Gasteiger charge is 2.25. The molecule has 2 N–H and O–H groups in total. The van der Waals surface area contributed by atoms with Gasteiger partial charge in [0.1, 0.15) is 5.82 Å². The zero-order valence-electron chi connectivity index (χ0n) is 22.7. The fourth-order valence-corrected chi connectivity index (χ4v) is 6.55. The van der Waals surface area contributed by atoms with E-state index >= 15 is 4.39 Å². The van der Waals surface area contributed by atoms with Gasteiger partial charge in [-0.05, 0) is 30.3 Å². The minimum atomic E-state index is -0.876. The lowest BCUT2D eigenvalue weighted by molar-refractivity contribution is 0.0770. The van der Waals surface area contributed by atoms with E-state index in [0.29, 0.717) is 78.4 Å². The summed E-state index contributed by atoms with van der Waals surface area (Å²) in [5, 5.41) is 9.71. The molecular weight excluding hydrogens is 563 g/mol. The molecule has 2 fully saturated rings. The Morgan fingerprint density at radius 3 is 2.57 bits per heavy atom. The Morgan fingerprint density at radius 2 is 1.83 bits per heavy atom. The molecule has 15 heteroatoms. The summed E-state index contributed by atoms with van der Waals surface area (Å²) in [6.07, 6.45) is 3.28. The van der Waals surface area contributed by atoms with Crippen molar-refractivity contribution in [2.45, 2.75) is 6.54 Å². The average Bonchev–Trinajstić information content (AvgIpc) is 3.77. The lowest BCUT2D eigenvalue weighted by Crippen LogP contribution is -2.47. The van der Waals surface area contributed by atoms with Gasteiger partial charge >= 0.3 is 0 Å². The average molecular weight is 593 g/mol. The van der Waals surface area contributed by atoms with Gasteiger partial charge < -0.3 is 20.0 Å². The van der Waals surface area contributed by atoms with Crippen molar-refractivity contribution in [3.8, 4) is 11.6 Å². The van der Waals surface area contributed by atoms with Crippen molar-refractivity contribution in [3.63, 3.8) is 0 Å². The maximum Gasteiger partial charge on any atom is 0.254 e. The van der Waals surface area contributed by atoms with Crippen LogP contribution in [0.2, 0.25) is 0 Å². The lowest BCUT2D eigenvalue weighted by Gasteiger charge is -2.36. The quantitative estimate of drug-likeness (QED) is 0.308. The first-order valence-corrected chi connectivity index (χ1v) is 15.3. The minimum absolute atomic E-state index is 0.209. The van der Waals surface area contributed by atoms with Crippen LogP contribution in [-0.2, 0) is 17.3 Å². The molecule has 0 bridgehead atoms. The van der Waals surface area contributed by atoms with Crippen molar-refractivity contribution in [1.82, 2.24) is 39.2 Å². The van der Waals surface area contributed by atoms with E-state index in [1.54, 1.807) is 41.6 Å². The monoisotopic (exact) mass is 592 g/mol. The van der Waals surface area contributed by atoms with Crippen LogP contribution in [0.25, 0.3) is 28.3 Å². The van der Waals surface area contributed by atoms with Crippen LogP contribution in [0.3, 0.4) is 0 Å². The van der Waals surface area contributed by atoms with E-state index in [9.17, 15) is 9.00 Å². The molecule has 5 aromatic rings. The van der Waals surface area contributed by atoms with Crippen LogP contribution in [-0.4, -0.2) is 107 Å². The zero-order valence-corrected chi connectivity index (χ0v) is 23.5. The number of nitrogens with two attached hydrogens (primary N) is 1. The fourth-order valence-electron chi connectivity index (χ4n) is 5.50. The van der Waals surface area contributed by atoms with Crippen molar-refractivity contribution in [2.75, 3.05) is 68.0 Å². The topological polar surface area (TPSA) is 144 Å². The van der Waals surface area contributed by atoms with E-state index in [0.717, 1.165) is 25.0 Å². The van der Waals surface area contributed by atoms with Gasteiger partial charge in [0, 0.05) is 73.7 Å². The van der Waals surface area contributed by atoms with Crippen LogP contribution in [0.1, 0.15) is 10.4 Å². The maximum absolute atomic E-state index is 15.1. The molecule has 218 valence electrons. The summed E-state index contributed by atoms with van der Waals surface area (Å²) in [4.78, 5) is 27.9. The molecule has 0 atom stereocenters. The van der Waals surface area contributed by atoms with Gasteiger partial charge in [-0.15, -0.1) is 5.10 Å². The Labute approximate surface area is 242 Å². The standard InChI is InChI=1S/C27H29FN10O3S/c28-20-16-18(26(39)36-11-14-42(40)15-12-36)3-4-21(20)35-8-5-34(6-9-35)7-10-37-24-19(17-30-37)25-31-23(22-2-1-13-41-22)33-38(25)27(29)32-24/h1-4,13,16-17H,5-12,14-15H2,(H2,29,32). The second-order valence-corrected chi connectivity index (χ2v) is 12.1. The normalized spacial score (nSPS) is 17.1. The third-order valence-electron chi connectivity index (χ3n) is 7.84. The van der Waals surface area contributed by atoms with Gasteiger partial charge in [0.05, 0.1) is 30.1 Å². The SMILES string of the molecule is Nc1nc2c(cnn2CCN2CCN(c3ccc(C(=O)N4CCS(=O)CC4)cc3F)CC2)c2nc(-c3ccco3)nn12. The van der Waals surface area contributed by atoms with Gasteiger partial charge in [0.25, 0.3) is 5.91 Å². The van der Waals surface area contributed by atoms with E-state index in [2.05, 4.69) is 25.1 Å². The lowest BCUT2D eigenvalue weighted by atomic mass is 10.1. The van der Waals surface area contributed by atoms with Crippen LogP contribution in [0.5, 0.6) is 0 Å². The number of benzene rings is 1. The van der Waals surface area contributed by atoms with E-state index in [4.69, 9.17) is 10.2 Å². The molecule has 1 amide bonds. The third kappa shape index (κ3) is 4.87. The molecule has 2 saturated heterocycles. The number of furan rings is 1. The molecule has 6 heterocycles. The van der Waals surface area contributed by atoms with Crippen molar-refractivity contribution < 1.29 is 17.8 Å². The highest BCUT2D eigenvalue weighted by atomic mass is 32.2. The number of nitrogen functional groups attached to an aromatic ring is 1.